The Bertz CT molecular complexity index is 1040. The lowest BCUT2D eigenvalue weighted by Gasteiger charge is -2.12. The van der Waals surface area contributed by atoms with Crippen molar-refractivity contribution in [1.82, 2.24) is 5.32 Å². The highest BCUT2D eigenvalue weighted by Gasteiger charge is 2.09. The van der Waals surface area contributed by atoms with Crippen LogP contribution in [-0.2, 0) is 11.2 Å². The number of amides is 1. The first-order chi connectivity index (χ1) is 12.3. The van der Waals surface area contributed by atoms with E-state index in [0.717, 1.165) is 12.8 Å². The number of nitrogens with one attached hydrogen (secondary N) is 1. The molecule has 0 saturated heterocycles. The summed E-state index contributed by atoms with van der Waals surface area (Å²) in [4.78, 5) is 11.7. The molecule has 122 valence electrons. The minimum Gasteiger partial charge on any atom is -0.345 e. The Hall–Kier alpha value is -3.05. The largest absolute Gasteiger partial charge is 0.345 e. The fourth-order valence-electron chi connectivity index (χ4n) is 3.65. The minimum atomic E-state index is 0.0237. The molecule has 2 nitrogen and oxygen atoms in total. The molecule has 0 heterocycles. The second-order valence-electron chi connectivity index (χ2n) is 6.46. The fraction of sp³-hybridized carbons (Fsp3) is 0.174. The van der Waals surface area contributed by atoms with Crippen LogP contribution >= 0.6 is 0 Å². The smallest absolute Gasteiger partial charge is 0.220 e. The molecule has 0 spiro atoms. The molecule has 0 bridgehead atoms. The average molecular weight is 325 g/mol. The maximum atomic E-state index is 11.7. The molecule has 4 aromatic rings. The number of aryl methyl sites for hydroxylation is 1. The van der Waals surface area contributed by atoms with E-state index in [1.54, 1.807) is 0 Å². The van der Waals surface area contributed by atoms with Crippen molar-refractivity contribution in [1.29, 1.82) is 0 Å². The summed E-state index contributed by atoms with van der Waals surface area (Å²) in [7, 11) is 0. The van der Waals surface area contributed by atoms with Gasteiger partial charge < -0.3 is 5.32 Å². The Morgan fingerprint density at radius 3 is 2.16 bits per heavy atom. The lowest BCUT2D eigenvalue weighted by atomic mass is 9.92. The molecule has 0 aromatic heterocycles. The molecule has 0 aliphatic heterocycles. The van der Waals surface area contributed by atoms with Crippen LogP contribution in [0.3, 0.4) is 0 Å². The van der Waals surface area contributed by atoms with Gasteiger partial charge in [-0.2, -0.15) is 0 Å². The van der Waals surface area contributed by atoms with Crippen molar-refractivity contribution in [2.24, 2.45) is 0 Å². The van der Waals surface area contributed by atoms with E-state index in [2.05, 4.69) is 65.8 Å². The van der Waals surface area contributed by atoms with Gasteiger partial charge in [-0.05, 0) is 50.7 Å². The zero-order valence-electron chi connectivity index (χ0n) is 14.0. The molecule has 0 aliphatic rings. The number of hydrogen-bond donors (Lipinski definition) is 1. The molecule has 4 aromatic carbocycles. The van der Waals surface area contributed by atoms with E-state index in [0.29, 0.717) is 13.0 Å². The lowest BCUT2D eigenvalue weighted by molar-refractivity contribution is -0.120. The van der Waals surface area contributed by atoms with Crippen molar-refractivity contribution in [2.75, 3.05) is 6.54 Å². The van der Waals surface area contributed by atoms with Crippen molar-refractivity contribution in [3.8, 4) is 12.3 Å². The molecule has 1 N–H and O–H groups in total. The quantitative estimate of drug-likeness (QED) is 0.420. The van der Waals surface area contributed by atoms with E-state index in [4.69, 9.17) is 6.42 Å². The van der Waals surface area contributed by atoms with Gasteiger partial charge in [-0.25, -0.2) is 0 Å². The van der Waals surface area contributed by atoms with E-state index < -0.39 is 0 Å². The van der Waals surface area contributed by atoms with Crippen LogP contribution in [0.4, 0.5) is 0 Å². The van der Waals surface area contributed by atoms with Gasteiger partial charge in [0.15, 0.2) is 0 Å². The molecule has 0 fully saturated rings. The monoisotopic (exact) mass is 325 g/mol. The van der Waals surface area contributed by atoms with E-state index in [-0.39, 0.29) is 5.91 Å². The van der Waals surface area contributed by atoms with Gasteiger partial charge in [-0.3, -0.25) is 4.79 Å². The van der Waals surface area contributed by atoms with Gasteiger partial charge in [0.05, 0.1) is 6.54 Å². The van der Waals surface area contributed by atoms with Gasteiger partial charge in [0.25, 0.3) is 0 Å². The topological polar surface area (TPSA) is 29.1 Å². The van der Waals surface area contributed by atoms with Gasteiger partial charge in [-0.1, -0.05) is 60.5 Å². The van der Waals surface area contributed by atoms with Crippen molar-refractivity contribution >= 4 is 38.2 Å². The highest BCUT2D eigenvalue weighted by Crippen LogP contribution is 2.35. The van der Waals surface area contributed by atoms with Gasteiger partial charge in [0, 0.05) is 6.42 Å². The second-order valence-corrected chi connectivity index (χ2v) is 6.46. The SMILES string of the molecule is C#CCNC(=O)CCCc1cc2ccc3cccc4ccc(c1)c2c34. The number of benzene rings is 4. The van der Waals surface area contributed by atoms with Crippen molar-refractivity contribution in [3.63, 3.8) is 0 Å². The Morgan fingerprint density at radius 2 is 1.52 bits per heavy atom. The molecule has 0 aliphatic carbocycles. The molecule has 0 unspecified atom stereocenters. The summed E-state index contributed by atoms with van der Waals surface area (Å²) in [5.74, 6) is 2.45. The maximum Gasteiger partial charge on any atom is 0.220 e. The second kappa shape index (κ2) is 6.45. The molecule has 0 radical (unpaired) electrons. The van der Waals surface area contributed by atoms with Crippen molar-refractivity contribution in [2.45, 2.75) is 19.3 Å². The molecule has 0 atom stereocenters. The Kier molecular flexibility index (Phi) is 3.99. The first-order valence-electron chi connectivity index (χ1n) is 8.63. The Morgan fingerprint density at radius 1 is 0.920 bits per heavy atom. The minimum absolute atomic E-state index is 0.0237. The third-order valence-electron chi connectivity index (χ3n) is 4.78. The van der Waals surface area contributed by atoms with E-state index in [1.807, 2.05) is 0 Å². The van der Waals surface area contributed by atoms with Gasteiger partial charge in [-0.15, -0.1) is 6.42 Å². The summed E-state index contributed by atoms with van der Waals surface area (Å²) in [5, 5.41) is 10.5. The number of carbonyl (C=O) groups is 1. The highest BCUT2D eigenvalue weighted by molar-refractivity contribution is 6.23. The summed E-state index contributed by atoms with van der Waals surface area (Å²) >= 11 is 0. The number of hydrogen-bond acceptors (Lipinski definition) is 1. The van der Waals surface area contributed by atoms with Crippen molar-refractivity contribution < 1.29 is 4.79 Å². The standard InChI is InChI=1S/C23H19NO/c1-2-13-24-21(25)8-3-5-16-14-19-11-9-17-6-4-7-18-10-12-20(15-16)23(19)22(17)18/h1,4,6-7,9-12,14-15H,3,5,8,13H2,(H,24,25). The normalized spacial score (nSPS) is 11.2. The zero-order valence-corrected chi connectivity index (χ0v) is 14.0. The third kappa shape index (κ3) is 2.90. The summed E-state index contributed by atoms with van der Waals surface area (Å²) in [6.45, 7) is 0.305. The molecular formula is C23H19NO. The fourth-order valence-corrected chi connectivity index (χ4v) is 3.65. The molecule has 1 amide bonds. The van der Waals surface area contributed by atoms with E-state index in [1.165, 1.54) is 37.9 Å². The molecule has 0 saturated carbocycles. The molecule has 2 heteroatoms. The summed E-state index contributed by atoms with van der Waals surface area (Å²) in [5.41, 5.74) is 1.27. The van der Waals surface area contributed by atoms with Crippen LogP contribution in [0.2, 0.25) is 0 Å². The summed E-state index contributed by atoms with van der Waals surface area (Å²) < 4.78 is 0. The Labute approximate surface area is 147 Å². The van der Waals surface area contributed by atoms with Crippen LogP contribution in [0.1, 0.15) is 18.4 Å². The highest BCUT2D eigenvalue weighted by atomic mass is 16.1. The Balaban J connectivity index is 1.63. The van der Waals surface area contributed by atoms with Crippen LogP contribution in [0, 0.1) is 12.3 Å². The van der Waals surface area contributed by atoms with Gasteiger partial charge in [0.1, 0.15) is 0 Å². The van der Waals surface area contributed by atoms with Crippen LogP contribution in [0.25, 0.3) is 32.3 Å². The van der Waals surface area contributed by atoms with Crippen LogP contribution in [0.5, 0.6) is 0 Å². The predicted octanol–water partition coefficient (Wildman–Crippen LogP) is 4.66. The zero-order chi connectivity index (χ0) is 17.2. The van der Waals surface area contributed by atoms with Gasteiger partial charge in [0.2, 0.25) is 5.91 Å². The van der Waals surface area contributed by atoms with E-state index in [9.17, 15) is 4.79 Å². The average Bonchev–Trinajstić information content (AvgIpc) is 2.64. The van der Waals surface area contributed by atoms with Gasteiger partial charge >= 0.3 is 0 Å². The van der Waals surface area contributed by atoms with Crippen LogP contribution < -0.4 is 5.32 Å². The van der Waals surface area contributed by atoms with Crippen molar-refractivity contribution in [3.05, 3.63) is 60.2 Å². The number of rotatable bonds is 5. The first kappa shape index (κ1) is 15.5. The third-order valence-corrected chi connectivity index (χ3v) is 4.78. The molecule has 4 rings (SSSR count). The van der Waals surface area contributed by atoms with Crippen LogP contribution in [-0.4, -0.2) is 12.5 Å². The van der Waals surface area contributed by atoms with Crippen LogP contribution in [0.15, 0.2) is 54.6 Å². The van der Waals surface area contributed by atoms with E-state index >= 15 is 0 Å². The summed E-state index contributed by atoms with van der Waals surface area (Å²) in [6.07, 6.45) is 7.37. The first-order valence-corrected chi connectivity index (χ1v) is 8.63. The predicted molar refractivity (Wildman–Crippen MR) is 105 cm³/mol. The number of terminal acetylenes is 1. The number of carbonyl (C=O) groups excluding carboxylic acids is 1. The molecular weight excluding hydrogens is 306 g/mol. The lowest BCUT2D eigenvalue weighted by Crippen LogP contribution is -2.23. The molecule has 25 heavy (non-hydrogen) atoms. The maximum absolute atomic E-state index is 11.7. The summed E-state index contributed by atoms with van der Waals surface area (Å²) in [6, 6.07) is 19.8.